The molecule has 1 amide bonds. The number of ether oxygens (including phenoxy) is 2. The smallest absolute Gasteiger partial charge is 0.224 e. The number of amides is 1. The Labute approximate surface area is 143 Å². The molecule has 24 heavy (non-hydrogen) atoms. The van der Waals surface area contributed by atoms with Crippen molar-refractivity contribution in [2.45, 2.75) is 50.7 Å². The molecule has 0 aromatic heterocycles. The van der Waals surface area contributed by atoms with E-state index in [4.69, 9.17) is 9.47 Å². The molecule has 3 aliphatic rings. The van der Waals surface area contributed by atoms with Crippen molar-refractivity contribution in [1.29, 1.82) is 0 Å². The molecule has 1 aromatic carbocycles. The number of benzene rings is 1. The summed E-state index contributed by atoms with van der Waals surface area (Å²) >= 11 is 0. The number of fused-ring (bicyclic) bond motifs is 1. The van der Waals surface area contributed by atoms with Crippen molar-refractivity contribution in [1.82, 2.24) is 5.32 Å². The van der Waals surface area contributed by atoms with Crippen molar-refractivity contribution in [3.8, 4) is 5.75 Å². The summed E-state index contributed by atoms with van der Waals surface area (Å²) < 4.78 is 11.3. The second-order valence-corrected chi connectivity index (χ2v) is 7.49. The highest BCUT2D eigenvalue weighted by Crippen LogP contribution is 2.51. The molecule has 2 aliphatic carbocycles. The Morgan fingerprint density at radius 2 is 2.04 bits per heavy atom. The van der Waals surface area contributed by atoms with Crippen molar-refractivity contribution in [3.63, 3.8) is 0 Å². The van der Waals surface area contributed by atoms with Gasteiger partial charge in [0.25, 0.3) is 0 Å². The lowest BCUT2D eigenvalue weighted by Gasteiger charge is -2.50. The first-order chi connectivity index (χ1) is 11.8. The SMILES string of the molecule is COc1ccccc1CC(=O)N[C@H]1[C@H]2CCO[C@H]2[C@H]1C1CCCC1. The lowest BCUT2D eigenvalue weighted by Crippen LogP contribution is -2.63. The number of nitrogens with one attached hydrogen (secondary N) is 1. The van der Waals surface area contributed by atoms with Crippen LogP contribution in [0.4, 0.5) is 0 Å². The molecule has 1 aromatic rings. The summed E-state index contributed by atoms with van der Waals surface area (Å²) in [5.41, 5.74) is 0.952. The maximum absolute atomic E-state index is 12.6. The van der Waals surface area contributed by atoms with Crippen molar-refractivity contribution in [2.24, 2.45) is 17.8 Å². The van der Waals surface area contributed by atoms with Crippen molar-refractivity contribution in [3.05, 3.63) is 29.8 Å². The van der Waals surface area contributed by atoms with Gasteiger partial charge in [-0.15, -0.1) is 0 Å². The quantitative estimate of drug-likeness (QED) is 0.903. The average Bonchev–Trinajstić information content (AvgIpc) is 3.24. The fourth-order valence-corrected chi connectivity index (χ4v) is 5.12. The van der Waals surface area contributed by atoms with Crippen LogP contribution in [0.25, 0.3) is 0 Å². The number of rotatable bonds is 5. The van der Waals surface area contributed by atoms with E-state index in [9.17, 15) is 4.79 Å². The fraction of sp³-hybridized carbons (Fsp3) is 0.650. The average molecular weight is 329 g/mol. The molecule has 1 saturated heterocycles. The Balaban J connectivity index is 1.42. The molecule has 4 nitrogen and oxygen atoms in total. The zero-order chi connectivity index (χ0) is 16.5. The van der Waals surface area contributed by atoms with Crippen LogP contribution in [0, 0.1) is 17.8 Å². The molecular formula is C20H27NO3. The summed E-state index contributed by atoms with van der Waals surface area (Å²) in [5.74, 6) is 2.69. The molecule has 4 rings (SSSR count). The lowest BCUT2D eigenvalue weighted by atomic mass is 9.61. The zero-order valence-corrected chi connectivity index (χ0v) is 14.4. The Kier molecular flexibility index (Phi) is 4.49. The molecule has 3 fully saturated rings. The second-order valence-electron chi connectivity index (χ2n) is 7.49. The van der Waals surface area contributed by atoms with Gasteiger partial charge in [0.15, 0.2) is 0 Å². The molecule has 0 radical (unpaired) electrons. The van der Waals surface area contributed by atoms with Gasteiger partial charge in [-0.05, 0) is 18.4 Å². The summed E-state index contributed by atoms with van der Waals surface area (Å²) in [6, 6.07) is 8.07. The van der Waals surface area contributed by atoms with Gasteiger partial charge in [0, 0.05) is 30.0 Å². The second kappa shape index (κ2) is 6.75. The first-order valence-electron chi connectivity index (χ1n) is 9.31. The van der Waals surface area contributed by atoms with E-state index < -0.39 is 0 Å². The Hall–Kier alpha value is -1.55. The minimum Gasteiger partial charge on any atom is -0.496 e. The topological polar surface area (TPSA) is 47.6 Å². The van der Waals surface area contributed by atoms with E-state index >= 15 is 0 Å². The molecule has 1 aliphatic heterocycles. The van der Waals surface area contributed by atoms with Crippen LogP contribution in [0.1, 0.15) is 37.7 Å². The number of carbonyl (C=O) groups excluding carboxylic acids is 1. The molecular weight excluding hydrogens is 302 g/mol. The third kappa shape index (κ3) is 2.81. The van der Waals surface area contributed by atoms with Crippen LogP contribution in [0.15, 0.2) is 24.3 Å². The largest absolute Gasteiger partial charge is 0.496 e. The maximum atomic E-state index is 12.6. The highest BCUT2D eigenvalue weighted by molar-refractivity contribution is 5.79. The predicted octanol–water partition coefficient (Wildman–Crippen LogP) is 2.95. The molecule has 0 bridgehead atoms. The Morgan fingerprint density at radius 1 is 1.25 bits per heavy atom. The van der Waals surface area contributed by atoms with Crippen LogP contribution in [0.3, 0.4) is 0 Å². The summed E-state index contributed by atoms with van der Waals surface area (Å²) in [7, 11) is 1.65. The van der Waals surface area contributed by atoms with Crippen molar-refractivity contribution in [2.75, 3.05) is 13.7 Å². The summed E-state index contributed by atoms with van der Waals surface area (Å²) in [5, 5.41) is 3.34. The predicted molar refractivity (Wildman–Crippen MR) is 91.9 cm³/mol. The van der Waals surface area contributed by atoms with Crippen molar-refractivity contribution >= 4 is 5.91 Å². The van der Waals surface area contributed by atoms with Gasteiger partial charge in [-0.3, -0.25) is 4.79 Å². The number of hydrogen-bond acceptors (Lipinski definition) is 3. The molecule has 1 N–H and O–H groups in total. The van der Waals surface area contributed by atoms with E-state index in [-0.39, 0.29) is 5.91 Å². The number of hydrogen-bond donors (Lipinski definition) is 1. The number of carbonyl (C=O) groups is 1. The van der Waals surface area contributed by atoms with E-state index in [1.807, 2.05) is 24.3 Å². The molecule has 2 saturated carbocycles. The highest BCUT2D eigenvalue weighted by atomic mass is 16.5. The van der Waals surface area contributed by atoms with Crippen LogP contribution >= 0.6 is 0 Å². The minimum atomic E-state index is 0.109. The third-order valence-electron chi connectivity index (χ3n) is 6.25. The Bertz CT molecular complexity index is 592. The normalized spacial score (nSPS) is 32.2. The first-order valence-corrected chi connectivity index (χ1v) is 9.31. The Morgan fingerprint density at radius 3 is 2.83 bits per heavy atom. The standard InChI is InChI=1S/C20H27NO3/c1-23-16-9-5-4-8-14(16)12-17(22)21-19-15-10-11-24-20(15)18(19)13-6-2-3-7-13/h4-5,8-9,13,15,18-20H,2-3,6-7,10-12H2,1H3,(H,21,22)/t15-,18+,19+,20-/m1/s1. The lowest BCUT2D eigenvalue weighted by molar-refractivity contribution is -0.129. The molecule has 130 valence electrons. The first kappa shape index (κ1) is 15.9. The monoisotopic (exact) mass is 329 g/mol. The maximum Gasteiger partial charge on any atom is 0.224 e. The van der Waals surface area contributed by atoms with Gasteiger partial charge in [0.05, 0.1) is 19.6 Å². The van der Waals surface area contributed by atoms with Gasteiger partial charge in [-0.1, -0.05) is 43.9 Å². The number of methoxy groups -OCH3 is 1. The van der Waals surface area contributed by atoms with Gasteiger partial charge in [0.1, 0.15) is 5.75 Å². The summed E-state index contributed by atoms with van der Waals surface area (Å²) in [4.78, 5) is 12.6. The van der Waals surface area contributed by atoms with Gasteiger partial charge in [-0.2, -0.15) is 0 Å². The molecule has 4 heteroatoms. The highest BCUT2D eigenvalue weighted by Gasteiger charge is 2.56. The minimum absolute atomic E-state index is 0.109. The van der Waals surface area contributed by atoms with Crippen LogP contribution in [-0.2, 0) is 16.0 Å². The van der Waals surface area contributed by atoms with E-state index in [1.54, 1.807) is 7.11 Å². The third-order valence-corrected chi connectivity index (χ3v) is 6.25. The van der Waals surface area contributed by atoms with Gasteiger partial charge < -0.3 is 14.8 Å². The summed E-state index contributed by atoms with van der Waals surface area (Å²) in [6.45, 7) is 0.859. The van der Waals surface area contributed by atoms with Crippen LogP contribution in [-0.4, -0.2) is 31.8 Å². The van der Waals surface area contributed by atoms with Crippen LogP contribution in [0.5, 0.6) is 5.75 Å². The molecule has 4 atom stereocenters. The molecule has 0 spiro atoms. The van der Waals surface area contributed by atoms with Gasteiger partial charge in [-0.25, -0.2) is 0 Å². The van der Waals surface area contributed by atoms with Crippen molar-refractivity contribution < 1.29 is 14.3 Å². The van der Waals surface area contributed by atoms with Gasteiger partial charge >= 0.3 is 0 Å². The van der Waals surface area contributed by atoms with E-state index in [2.05, 4.69) is 5.32 Å². The van der Waals surface area contributed by atoms with E-state index in [0.29, 0.717) is 30.4 Å². The van der Waals surface area contributed by atoms with Crippen LogP contribution in [0.2, 0.25) is 0 Å². The van der Waals surface area contributed by atoms with Gasteiger partial charge in [0.2, 0.25) is 5.91 Å². The van der Waals surface area contributed by atoms with Crippen LogP contribution < -0.4 is 10.1 Å². The summed E-state index contributed by atoms with van der Waals surface area (Å²) in [6.07, 6.45) is 7.14. The molecule has 0 unspecified atom stereocenters. The van der Waals surface area contributed by atoms with E-state index in [0.717, 1.165) is 30.3 Å². The fourth-order valence-electron chi connectivity index (χ4n) is 5.12. The number of para-hydroxylation sites is 1. The van der Waals surface area contributed by atoms with E-state index in [1.165, 1.54) is 25.7 Å². The molecule has 1 heterocycles. The zero-order valence-electron chi connectivity index (χ0n) is 14.4.